The van der Waals surface area contributed by atoms with Gasteiger partial charge in [0, 0.05) is 38.1 Å². The van der Waals surface area contributed by atoms with Gasteiger partial charge in [0.1, 0.15) is 13.3 Å². The van der Waals surface area contributed by atoms with E-state index in [0.29, 0.717) is 32.0 Å². The van der Waals surface area contributed by atoms with Crippen molar-refractivity contribution in [3.05, 3.63) is 51.8 Å². The molecule has 5 N–H and O–H groups in total. The second-order valence-electron chi connectivity index (χ2n) is 11.4. The lowest BCUT2D eigenvalue weighted by molar-refractivity contribution is -0.137. The zero-order chi connectivity index (χ0) is 37.0. The van der Waals surface area contributed by atoms with E-state index in [2.05, 4.69) is 32.3 Å². The van der Waals surface area contributed by atoms with Crippen LogP contribution in [0, 0.1) is 0 Å². The highest BCUT2D eigenvalue weighted by atomic mass is 35.5. The number of amidine groups is 1. The van der Waals surface area contributed by atoms with E-state index in [-0.39, 0.29) is 17.3 Å². The standard InChI is InChI=1S/C17H18ClF3N4O2.C15H29N3O2.CH2O/c1-22-16(11-5-7-27-8-6-11)24-25(2)10-15(26)23-14-4-3-12(9-13(14)18)17(19,20)21;1-3-14(16)13(2)18(11-9-17-12-19)10-5-8-15(20)6-4-7-15;1-2/h3-5,9H,1,6-8,10H2,2H3,(H,23,26);12,20H,3-11,16H2,1-2H3,(H,17,19);1H2/b24-16-;14-13+;. The Bertz CT molecular complexity index is 1320. The Hall–Kier alpha value is -3.95. The second kappa shape index (κ2) is 21.9. The van der Waals surface area contributed by atoms with Crippen molar-refractivity contribution in [1.82, 2.24) is 15.2 Å². The average molecular weight is 716 g/mol. The van der Waals surface area contributed by atoms with Crippen molar-refractivity contribution in [3.63, 3.8) is 0 Å². The molecular formula is C33H49ClF3N7O5. The first-order valence-electron chi connectivity index (χ1n) is 15.8. The minimum absolute atomic E-state index is 0.0845. The molecule has 2 amide bonds. The van der Waals surface area contributed by atoms with Crippen molar-refractivity contribution >= 4 is 48.9 Å². The van der Waals surface area contributed by atoms with Crippen molar-refractivity contribution in [2.24, 2.45) is 15.8 Å². The number of likely N-dealkylation sites (N-methyl/N-ethyl adjacent to an activating group) is 1. The molecule has 1 aromatic carbocycles. The lowest BCUT2D eigenvalue weighted by Crippen LogP contribution is -2.38. The van der Waals surface area contributed by atoms with Crippen molar-refractivity contribution in [1.29, 1.82) is 0 Å². The Balaban J connectivity index is 0.000000486. The van der Waals surface area contributed by atoms with Gasteiger partial charge in [0.15, 0.2) is 5.84 Å². The van der Waals surface area contributed by atoms with Gasteiger partial charge in [-0.25, -0.2) is 4.99 Å². The van der Waals surface area contributed by atoms with Gasteiger partial charge in [0.05, 0.1) is 35.1 Å². The number of hydrazone groups is 1. The number of hydrogen-bond acceptors (Lipinski definition) is 9. The maximum Gasteiger partial charge on any atom is 0.416 e. The van der Waals surface area contributed by atoms with Gasteiger partial charge >= 0.3 is 6.18 Å². The van der Waals surface area contributed by atoms with E-state index in [1.54, 1.807) is 7.05 Å². The van der Waals surface area contributed by atoms with Crippen LogP contribution in [0.25, 0.3) is 0 Å². The summed E-state index contributed by atoms with van der Waals surface area (Å²) in [4.78, 5) is 36.5. The number of aliphatic imine (C=N–C) groups is 1. The van der Waals surface area contributed by atoms with E-state index < -0.39 is 23.2 Å². The van der Waals surface area contributed by atoms with Gasteiger partial charge in [-0.2, -0.15) is 18.3 Å². The summed E-state index contributed by atoms with van der Waals surface area (Å²) < 4.78 is 43.2. The van der Waals surface area contributed by atoms with E-state index in [9.17, 15) is 27.9 Å². The number of halogens is 4. The number of ether oxygens (including phenoxy) is 1. The first-order chi connectivity index (χ1) is 23.2. The SMILES string of the molecule is C=N/C(=N\N(C)CC(=O)Nc1ccc(C(F)(F)F)cc1Cl)C1=CCOCC1.C=O.CC/C(N)=C(/C)N(CCCC1(O)CCC1)CCNC=O. The molecule has 2 aliphatic rings. The summed E-state index contributed by atoms with van der Waals surface area (Å²) in [6.07, 6.45) is 4.34. The third kappa shape index (κ3) is 15.4. The van der Waals surface area contributed by atoms with Crippen LogP contribution in [0.3, 0.4) is 0 Å². The smallest absolute Gasteiger partial charge is 0.401 e. The van der Waals surface area contributed by atoms with Crippen LogP contribution in [0.2, 0.25) is 5.02 Å². The van der Waals surface area contributed by atoms with E-state index in [1.807, 2.05) is 26.7 Å². The summed E-state index contributed by atoms with van der Waals surface area (Å²) in [6, 6.07) is 2.72. The molecule has 274 valence electrons. The average Bonchev–Trinajstić information content (AvgIpc) is 3.07. The summed E-state index contributed by atoms with van der Waals surface area (Å²) in [7, 11) is 1.57. The van der Waals surface area contributed by atoms with Gasteiger partial charge in [0.25, 0.3) is 0 Å². The van der Waals surface area contributed by atoms with Crippen LogP contribution in [-0.2, 0) is 25.3 Å². The van der Waals surface area contributed by atoms with Crippen LogP contribution in [0.4, 0.5) is 18.9 Å². The Labute approximate surface area is 291 Å². The van der Waals surface area contributed by atoms with Crippen LogP contribution in [0.15, 0.2) is 51.3 Å². The molecule has 0 atom stereocenters. The summed E-state index contributed by atoms with van der Waals surface area (Å²) >= 11 is 5.83. The number of carbonyl (C=O) groups excluding carboxylic acids is 3. The van der Waals surface area contributed by atoms with Crippen LogP contribution in [-0.4, -0.2) is 98.7 Å². The Morgan fingerprint density at radius 3 is 2.47 bits per heavy atom. The Kier molecular flexibility index (Phi) is 19.3. The van der Waals surface area contributed by atoms with E-state index in [1.165, 1.54) is 5.01 Å². The first kappa shape index (κ1) is 43.1. The number of aliphatic hydroxyl groups is 1. The van der Waals surface area contributed by atoms with Gasteiger partial charge in [-0.15, -0.1) is 0 Å². The highest BCUT2D eigenvalue weighted by Gasteiger charge is 2.33. The molecule has 0 spiro atoms. The molecule has 1 aromatic rings. The van der Waals surface area contributed by atoms with Gasteiger partial charge in [-0.3, -0.25) is 14.6 Å². The molecule has 1 saturated carbocycles. The summed E-state index contributed by atoms with van der Waals surface area (Å²) in [5.41, 5.74) is 7.63. The first-order valence-corrected chi connectivity index (χ1v) is 16.2. The number of nitrogens with two attached hydrogens (primary N) is 1. The van der Waals surface area contributed by atoms with Crippen molar-refractivity contribution in [2.75, 3.05) is 51.8 Å². The van der Waals surface area contributed by atoms with Crippen molar-refractivity contribution in [2.45, 2.75) is 70.6 Å². The molecule has 1 aliphatic heterocycles. The zero-order valence-electron chi connectivity index (χ0n) is 28.5. The molecule has 49 heavy (non-hydrogen) atoms. The molecule has 12 nitrogen and oxygen atoms in total. The van der Waals surface area contributed by atoms with Crippen LogP contribution in [0.1, 0.15) is 64.4 Å². The van der Waals surface area contributed by atoms with E-state index >= 15 is 0 Å². The number of benzene rings is 1. The monoisotopic (exact) mass is 715 g/mol. The van der Waals surface area contributed by atoms with Gasteiger partial charge in [-0.1, -0.05) is 24.6 Å². The van der Waals surface area contributed by atoms with Gasteiger partial charge in [0.2, 0.25) is 12.3 Å². The third-order valence-corrected chi connectivity index (χ3v) is 8.21. The van der Waals surface area contributed by atoms with Gasteiger partial charge in [-0.05, 0) is 82.4 Å². The molecule has 0 aromatic heterocycles. The largest absolute Gasteiger partial charge is 0.416 e. The molecular weight excluding hydrogens is 667 g/mol. The molecule has 1 heterocycles. The normalized spacial score (nSPS) is 15.8. The number of rotatable bonds is 15. The number of anilines is 1. The fourth-order valence-electron chi connectivity index (χ4n) is 4.91. The highest BCUT2D eigenvalue weighted by Crippen LogP contribution is 2.36. The van der Waals surface area contributed by atoms with Crippen LogP contribution < -0.4 is 16.4 Å². The minimum atomic E-state index is -4.51. The van der Waals surface area contributed by atoms with Gasteiger partial charge < -0.3 is 35.9 Å². The summed E-state index contributed by atoms with van der Waals surface area (Å²) in [6.45, 7) is 12.6. The molecule has 16 heteroatoms. The van der Waals surface area contributed by atoms with Crippen LogP contribution >= 0.6 is 11.6 Å². The van der Waals surface area contributed by atoms with Crippen molar-refractivity contribution in [3.8, 4) is 0 Å². The lowest BCUT2D eigenvalue weighted by atomic mass is 9.77. The number of nitrogens with zero attached hydrogens (tertiary/aromatic N) is 4. The number of alkyl halides is 3. The Morgan fingerprint density at radius 1 is 1.27 bits per heavy atom. The molecule has 1 aliphatic carbocycles. The summed E-state index contributed by atoms with van der Waals surface area (Å²) in [5, 5.41) is 20.6. The predicted octanol–water partition coefficient (Wildman–Crippen LogP) is 4.73. The number of nitrogens with one attached hydrogen (secondary N) is 2. The number of carbonyl (C=O) groups is 3. The minimum Gasteiger partial charge on any atom is -0.401 e. The predicted molar refractivity (Wildman–Crippen MR) is 186 cm³/mol. The molecule has 0 saturated heterocycles. The van der Waals surface area contributed by atoms with Crippen LogP contribution in [0.5, 0.6) is 0 Å². The molecule has 0 unspecified atom stereocenters. The quantitative estimate of drug-likeness (QED) is 0.0666. The maximum atomic E-state index is 12.6. The molecule has 3 rings (SSSR count). The topological polar surface area (TPSA) is 162 Å². The van der Waals surface area contributed by atoms with E-state index in [0.717, 1.165) is 93.2 Å². The molecule has 0 radical (unpaired) electrons. The fraction of sp³-hybridized carbons (Fsp3) is 0.545. The van der Waals surface area contributed by atoms with E-state index in [4.69, 9.17) is 26.9 Å². The van der Waals surface area contributed by atoms with Crippen molar-refractivity contribution < 1.29 is 37.4 Å². The lowest BCUT2D eigenvalue weighted by Gasteiger charge is -2.37. The second-order valence-corrected chi connectivity index (χ2v) is 11.8. The summed E-state index contributed by atoms with van der Waals surface area (Å²) in [5.74, 6) is -0.103. The number of hydrogen-bond donors (Lipinski definition) is 4. The molecule has 0 bridgehead atoms. The molecule has 1 fully saturated rings. The third-order valence-electron chi connectivity index (χ3n) is 7.89. The number of amides is 2. The maximum absolute atomic E-state index is 12.6. The Morgan fingerprint density at radius 2 is 1.96 bits per heavy atom. The number of allylic oxidation sites excluding steroid dienone is 2. The fourth-order valence-corrected chi connectivity index (χ4v) is 5.14. The zero-order valence-corrected chi connectivity index (χ0v) is 29.2. The highest BCUT2D eigenvalue weighted by molar-refractivity contribution is 6.33.